The summed E-state index contributed by atoms with van der Waals surface area (Å²) in [6.45, 7) is 3.42. The van der Waals surface area contributed by atoms with Crippen LogP contribution < -0.4 is 5.32 Å². The standard InChI is InChI=1S/C13H19ClN2/c1-16(13-6-8-15-10-13)9-7-11-2-4-12(14)5-3-11/h2-5,13,15H,6-10H2,1H3. The Balaban J connectivity index is 1.80. The van der Waals surface area contributed by atoms with E-state index in [1.54, 1.807) is 0 Å². The van der Waals surface area contributed by atoms with Gasteiger partial charge < -0.3 is 10.2 Å². The van der Waals surface area contributed by atoms with Crippen molar-refractivity contribution in [3.8, 4) is 0 Å². The highest BCUT2D eigenvalue weighted by molar-refractivity contribution is 6.30. The smallest absolute Gasteiger partial charge is 0.0406 e. The average Bonchev–Trinajstić information content (AvgIpc) is 2.81. The summed E-state index contributed by atoms with van der Waals surface area (Å²) < 4.78 is 0. The molecule has 0 spiro atoms. The fraction of sp³-hybridized carbons (Fsp3) is 0.538. The second-order valence-corrected chi connectivity index (χ2v) is 4.94. The molecule has 1 unspecified atom stereocenters. The van der Waals surface area contributed by atoms with Gasteiger partial charge in [0.2, 0.25) is 0 Å². The van der Waals surface area contributed by atoms with Crippen LogP contribution in [-0.4, -0.2) is 37.6 Å². The fourth-order valence-corrected chi connectivity index (χ4v) is 2.28. The zero-order valence-corrected chi connectivity index (χ0v) is 10.5. The van der Waals surface area contributed by atoms with E-state index in [9.17, 15) is 0 Å². The van der Waals surface area contributed by atoms with Gasteiger partial charge in [-0.1, -0.05) is 23.7 Å². The molecule has 1 heterocycles. The molecule has 1 N–H and O–H groups in total. The molecule has 1 aromatic rings. The highest BCUT2D eigenvalue weighted by atomic mass is 35.5. The number of rotatable bonds is 4. The topological polar surface area (TPSA) is 15.3 Å². The molecule has 0 amide bonds. The number of nitrogens with zero attached hydrogens (tertiary/aromatic N) is 1. The first kappa shape index (κ1) is 11.9. The minimum Gasteiger partial charge on any atom is -0.315 e. The van der Waals surface area contributed by atoms with Crippen molar-refractivity contribution < 1.29 is 0 Å². The SMILES string of the molecule is CN(CCc1ccc(Cl)cc1)C1CCNC1. The van der Waals surface area contributed by atoms with E-state index in [0.29, 0.717) is 6.04 Å². The first-order valence-electron chi connectivity index (χ1n) is 5.91. The molecule has 0 radical (unpaired) electrons. The lowest BCUT2D eigenvalue weighted by Crippen LogP contribution is -2.34. The number of nitrogens with one attached hydrogen (secondary N) is 1. The molecular formula is C13H19ClN2. The molecule has 1 atom stereocenters. The molecule has 3 heteroatoms. The summed E-state index contributed by atoms with van der Waals surface area (Å²) >= 11 is 5.86. The van der Waals surface area contributed by atoms with Gasteiger partial charge >= 0.3 is 0 Å². The number of hydrogen-bond donors (Lipinski definition) is 1. The summed E-state index contributed by atoms with van der Waals surface area (Å²) in [5.74, 6) is 0. The maximum atomic E-state index is 5.86. The third-order valence-electron chi connectivity index (χ3n) is 3.32. The normalized spacial score (nSPS) is 20.6. The molecule has 2 nitrogen and oxygen atoms in total. The first-order valence-corrected chi connectivity index (χ1v) is 6.29. The molecule has 1 aliphatic rings. The Morgan fingerprint density at radius 1 is 1.38 bits per heavy atom. The summed E-state index contributed by atoms with van der Waals surface area (Å²) in [5, 5.41) is 4.22. The molecule has 2 rings (SSSR count). The van der Waals surface area contributed by atoms with Gasteiger partial charge in [0.15, 0.2) is 0 Å². The quantitative estimate of drug-likeness (QED) is 0.865. The molecule has 1 aliphatic heterocycles. The van der Waals surface area contributed by atoms with Crippen molar-refractivity contribution in [3.05, 3.63) is 34.9 Å². The molecule has 16 heavy (non-hydrogen) atoms. The Hall–Kier alpha value is -0.570. The Bertz CT molecular complexity index is 317. The Labute approximate surface area is 103 Å². The Morgan fingerprint density at radius 2 is 2.12 bits per heavy atom. The third-order valence-corrected chi connectivity index (χ3v) is 3.58. The lowest BCUT2D eigenvalue weighted by Gasteiger charge is -2.23. The molecule has 0 bridgehead atoms. The monoisotopic (exact) mass is 238 g/mol. The summed E-state index contributed by atoms with van der Waals surface area (Å²) in [5.41, 5.74) is 1.36. The predicted octanol–water partition coefficient (Wildman–Crippen LogP) is 2.18. The van der Waals surface area contributed by atoms with Crippen LogP contribution >= 0.6 is 11.6 Å². The van der Waals surface area contributed by atoms with Crippen LogP contribution in [0.25, 0.3) is 0 Å². The van der Waals surface area contributed by atoms with Crippen LogP contribution in [0, 0.1) is 0 Å². The van der Waals surface area contributed by atoms with Crippen LogP contribution in [0.3, 0.4) is 0 Å². The lowest BCUT2D eigenvalue weighted by molar-refractivity contribution is 0.260. The van der Waals surface area contributed by atoms with Crippen LogP contribution in [0.1, 0.15) is 12.0 Å². The van der Waals surface area contributed by atoms with Crippen molar-refractivity contribution in [2.24, 2.45) is 0 Å². The van der Waals surface area contributed by atoms with Gasteiger partial charge in [-0.25, -0.2) is 0 Å². The van der Waals surface area contributed by atoms with Gasteiger partial charge in [-0.3, -0.25) is 0 Å². The summed E-state index contributed by atoms with van der Waals surface area (Å²) in [4.78, 5) is 2.45. The highest BCUT2D eigenvalue weighted by Crippen LogP contribution is 2.11. The van der Waals surface area contributed by atoms with Crippen molar-refractivity contribution in [2.75, 3.05) is 26.7 Å². The van der Waals surface area contributed by atoms with E-state index in [-0.39, 0.29) is 0 Å². The number of halogens is 1. The van der Waals surface area contributed by atoms with Crippen LogP contribution in [0.15, 0.2) is 24.3 Å². The van der Waals surface area contributed by atoms with Gasteiger partial charge in [0.25, 0.3) is 0 Å². The largest absolute Gasteiger partial charge is 0.315 e. The van der Waals surface area contributed by atoms with Gasteiger partial charge in [0, 0.05) is 24.2 Å². The zero-order chi connectivity index (χ0) is 11.4. The van der Waals surface area contributed by atoms with Crippen molar-refractivity contribution in [3.63, 3.8) is 0 Å². The number of benzene rings is 1. The lowest BCUT2D eigenvalue weighted by atomic mass is 10.1. The molecule has 0 aromatic heterocycles. The second kappa shape index (κ2) is 5.67. The molecule has 0 saturated carbocycles. The Kier molecular flexibility index (Phi) is 4.22. The first-order chi connectivity index (χ1) is 7.75. The average molecular weight is 239 g/mol. The maximum Gasteiger partial charge on any atom is 0.0406 e. The van der Waals surface area contributed by atoms with Gasteiger partial charge in [0.1, 0.15) is 0 Å². The Morgan fingerprint density at radius 3 is 2.75 bits per heavy atom. The zero-order valence-electron chi connectivity index (χ0n) is 9.75. The van der Waals surface area contributed by atoms with Gasteiger partial charge in [0.05, 0.1) is 0 Å². The molecule has 0 aliphatic carbocycles. The minimum atomic E-state index is 0.715. The molecular weight excluding hydrogens is 220 g/mol. The number of hydrogen-bond acceptors (Lipinski definition) is 2. The number of likely N-dealkylation sites (N-methyl/N-ethyl adjacent to an activating group) is 1. The summed E-state index contributed by atoms with van der Waals surface area (Å²) in [7, 11) is 2.22. The minimum absolute atomic E-state index is 0.715. The second-order valence-electron chi connectivity index (χ2n) is 4.50. The summed E-state index contributed by atoms with van der Waals surface area (Å²) in [6.07, 6.45) is 2.38. The van der Waals surface area contributed by atoms with Gasteiger partial charge in [-0.05, 0) is 44.1 Å². The van der Waals surface area contributed by atoms with Gasteiger partial charge in [-0.2, -0.15) is 0 Å². The molecule has 1 fully saturated rings. The van der Waals surface area contributed by atoms with E-state index in [1.807, 2.05) is 12.1 Å². The van der Waals surface area contributed by atoms with Crippen LogP contribution in [-0.2, 0) is 6.42 Å². The van der Waals surface area contributed by atoms with E-state index in [1.165, 1.54) is 12.0 Å². The van der Waals surface area contributed by atoms with E-state index in [4.69, 9.17) is 11.6 Å². The molecule has 1 aromatic carbocycles. The maximum absolute atomic E-state index is 5.86. The van der Waals surface area contributed by atoms with Crippen LogP contribution in [0.4, 0.5) is 0 Å². The van der Waals surface area contributed by atoms with Crippen LogP contribution in [0.2, 0.25) is 5.02 Å². The van der Waals surface area contributed by atoms with E-state index >= 15 is 0 Å². The van der Waals surface area contributed by atoms with Crippen molar-refractivity contribution in [2.45, 2.75) is 18.9 Å². The summed E-state index contributed by atoms with van der Waals surface area (Å²) in [6, 6.07) is 8.88. The predicted molar refractivity (Wildman–Crippen MR) is 69.1 cm³/mol. The van der Waals surface area contributed by atoms with Crippen LogP contribution in [0.5, 0.6) is 0 Å². The highest BCUT2D eigenvalue weighted by Gasteiger charge is 2.18. The van der Waals surface area contributed by atoms with E-state index < -0.39 is 0 Å². The molecule has 88 valence electrons. The van der Waals surface area contributed by atoms with E-state index in [2.05, 4.69) is 29.4 Å². The van der Waals surface area contributed by atoms with Crippen molar-refractivity contribution in [1.29, 1.82) is 0 Å². The fourth-order valence-electron chi connectivity index (χ4n) is 2.15. The van der Waals surface area contributed by atoms with Crippen molar-refractivity contribution >= 4 is 11.6 Å². The van der Waals surface area contributed by atoms with Crippen molar-refractivity contribution in [1.82, 2.24) is 10.2 Å². The van der Waals surface area contributed by atoms with Gasteiger partial charge in [-0.15, -0.1) is 0 Å². The molecule has 1 saturated heterocycles. The van der Waals surface area contributed by atoms with E-state index in [0.717, 1.165) is 31.1 Å². The third kappa shape index (κ3) is 3.21.